The van der Waals surface area contributed by atoms with Crippen LogP contribution in [-0.2, 0) is 0 Å². The molecule has 1 aromatic rings. The van der Waals surface area contributed by atoms with E-state index >= 15 is 0 Å². The molecule has 1 heterocycles. The van der Waals surface area contributed by atoms with Crippen molar-refractivity contribution < 1.29 is 14.5 Å². The molecule has 0 atom stereocenters. The Balaban J connectivity index is 2.31. The van der Waals surface area contributed by atoms with Crippen LogP contribution in [0.15, 0.2) is 18.2 Å². The zero-order valence-corrected chi connectivity index (χ0v) is 11.5. The van der Waals surface area contributed by atoms with Crippen molar-refractivity contribution in [2.75, 3.05) is 20.2 Å². The molecular weight excluding hydrogens is 260 g/mol. The van der Waals surface area contributed by atoms with Crippen molar-refractivity contribution in [2.24, 2.45) is 0 Å². The van der Waals surface area contributed by atoms with E-state index < -0.39 is 4.92 Å². The highest BCUT2D eigenvalue weighted by molar-refractivity contribution is 5.97. The van der Waals surface area contributed by atoms with Gasteiger partial charge in [-0.15, -0.1) is 0 Å². The molecule has 108 valence electrons. The second kappa shape index (κ2) is 6.36. The van der Waals surface area contributed by atoms with Crippen LogP contribution in [0.3, 0.4) is 0 Å². The Bertz CT molecular complexity index is 508. The molecule has 2 rings (SSSR count). The van der Waals surface area contributed by atoms with Crippen molar-refractivity contribution in [2.45, 2.75) is 25.7 Å². The van der Waals surface area contributed by atoms with E-state index in [9.17, 15) is 14.9 Å². The van der Waals surface area contributed by atoms with E-state index in [0.717, 1.165) is 25.7 Å². The fourth-order valence-corrected chi connectivity index (χ4v) is 2.42. The summed E-state index contributed by atoms with van der Waals surface area (Å²) in [6, 6.07) is 4.12. The molecule has 6 nitrogen and oxygen atoms in total. The quantitative estimate of drug-likeness (QED) is 0.629. The number of non-ortho nitro benzene ring substituents is 1. The number of nitro benzene ring substituents is 1. The van der Waals surface area contributed by atoms with Gasteiger partial charge in [-0.25, -0.2) is 0 Å². The molecule has 1 amide bonds. The number of rotatable bonds is 3. The predicted octanol–water partition coefficient (Wildman–Crippen LogP) is 2.62. The van der Waals surface area contributed by atoms with Crippen LogP contribution < -0.4 is 4.74 Å². The Labute approximate surface area is 117 Å². The molecule has 0 spiro atoms. The Morgan fingerprint density at radius 2 is 1.90 bits per heavy atom. The van der Waals surface area contributed by atoms with Gasteiger partial charge in [0.1, 0.15) is 5.75 Å². The third kappa shape index (κ3) is 3.07. The molecule has 20 heavy (non-hydrogen) atoms. The molecule has 1 aliphatic heterocycles. The van der Waals surface area contributed by atoms with E-state index in [2.05, 4.69) is 0 Å². The van der Waals surface area contributed by atoms with Crippen molar-refractivity contribution in [3.05, 3.63) is 33.9 Å². The minimum absolute atomic E-state index is 0.0935. The molecular formula is C14H18N2O4. The van der Waals surface area contributed by atoms with Crippen LogP contribution >= 0.6 is 0 Å². The molecule has 0 N–H and O–H groups in total. The number of carbonyl (C=O) groups excluding carboxylic acids is 1. The molecule has 1 fully saturated rings. The van der Waals surface area contributed by atoms with E-state index in [1.54, 1.807) is 4.90 Å². The van der Waals surface area contributed by atoms with E-state index in [4.69, 9.17) is 4.74 Å². The minimum atomic E-state index is -0.501. The van der Waals surface area contributed by atoms with Gasteiger partial charge in [-0.2, -0.15) is 0 Å². The average Bonchev–Trinajstić information content (AvgIpc) is 2.74. The summed E-state index contributed by atoms with van der Waals surface area (Å²) in [5.41, 5.74) is 0.174. The number of likely N-dealkylation sites (tertiary alicyclic amines) is 1. The Morgan fingerprint density at radius 1 is 1.25 bits per heavy atom. The van der Waals surface area contributed by atoms with Crippen molar-refractivity contribution in [1.29, 1.82) is 0 Å². The van der Waals surface area contributed by atoms with Crippen LogP contribution in [0, 0.1) is 10.1 Å². The maximum atomic E-state index is 12.5. The number of hydrogen-bond acceptors (Lipinski definition) is 4. The van der Waals surface area contributed by atoms with Crippen molar-refractivity contribution in [1.82, 2.24) is 4.90 Å². The molecule has 0 aromatic heterocycles. The van der Waals surface area contributed by atoms with Crippen LogP contribution in [0.5, 0.6) is 5.75 Å². The highest BCUT2D eigenvalue weighted by atomic mass is 16.6. The zero-order chi connectivity index (χ0) is 14.5. The van der Waals surface area contributed by atoms with Gasteiger partial charge in [0, 0.05) is 25.2 Å². The molecule has 1 aromatic carbocycles. The van der Waals surface area contributed by atoms with Crippen LogP contribution in [-0.4, -0.2) is 35.9 Å². The van der Waals surface area contributed by atoms with Crippen LogP contribution in [0.2, 0.25) is 0 Å². The number of hydrogen-bond donors (Lipinski definition) is 0. The summed E-state index contributed by atoms with van der Waals surface area (Å²) in [5, 5.41) is 10.8. The third-order valence-electron chi connectivity index (χ3n) is 3.52. The molecule has 0 bridgehead atoms. The Morgan fingerprint density at radius 3 is 2.45 bits per heavy atom. The molecule has 6 heteroatoms. The zero-order valence-electron chi connectivity index (χ0n) is 11.5. The summed E-state index contributed by atoms with van der Waals surface area (Å²) in [4.78, 5) is 24.6. The van der Waals surface area contributed by atoms with Gasteiger partial charge in [0.05, 0.1) is 17.6 Å². The second-order valence-electron chi connectivity index (χ2n) is 4.85. The normalized spacial score (nSPS) is 15.6. The number of amides is 1. The van der Waals surface area contributed by atoms with Crippen LogP contribution in [0.4, 0.5) is 5.69 Å². The number of benzene rings is 1. The first-order valence-corrected chi connectivity index (χ1v) is 6.75. The molecule has 0 unspecified atom stereocenters. The SMILES string of the molecule is COc1ccc([N+](=O)[O-])cc1C(=O)N1CCCCCC1. The van der Waals surface area contributed by atoms with E-state index in [1.807, 2.05) is 0 Å². The van der Waals surface area contributed by atoms with Gasteiger partial charge < -0.3 is 9.64 Å². The number of methoxy groups -OCH3 is 1. The van der Waals surface area contributed by atoms with E-state index in [1.165, 1.54) is 25.3 Å². The lowest BCUT2D eigenvalue weighted by Crippen LogP contribution is -2.32. The number of ether oxygens (including phenoxy) is 1. The third-order valence-corrected chi connectivity index (χ3v) is 3.52. The first kappa shape index (κ1) is 14.3. The lowest BCUT2D eigenvalue weighted by Gasteiger charge is -2.21. The van der Waals surface area contributed by atoms with Gasteiger partial charge in [0.2, 0.25) is 0 Å². The van der Waals surface area contributed by atoms with Gasteiger partial charge in [-0.3, -0.25) is 14.9 Å². The summed E-state index contributed by atoms with van der Waals surface area (Å²) in [6.07, 6.45) is 4.19. The molecule has 0 saturated carbocycles. The second-order valence-corrected chi connectivity index (χ2v) is 4.85. The van der Waals surface area contributed by atoms with Crippen LogP contribution in [0.1, 0.15) is 36.0 Å². The number of nitro groups is 1. The Hall–Kier alpha value is -2.11. The fraction of sp³-hybridized carbons (Fsp3) is 0.500. The highest BCUT2D eigenvalue weighted by Gasteiger charge is 2.23. The number of nitrogens with zero attached hydrogens (tertiary/aromatic N) is 2. The summed E-state index contributed by atoms with van der Waals surface area (Å²) in [5.74, 6) is 0.192. The van der Waals surface area contributed by atoms with Crippen molar-refractivity contribution in [3.8, 4) is 5.75 Å². The number of carbonyl (C=O) groups is 1. The van der Waals surface area contributed by atoms with Crippen molar-refractivity contribution in [3.63, 3.8) is 0 Å². The maximum Gasteiger partial charge on any atom is 0.270 e. The molecule has 0 radical (unpaired) electrons. The van der Waals surface area contributed by atoms with Gasteiger partial charge in [0.15, 0.2) is 0 Å². The van der Waals surface area contributed by atoms with Crippen molar-refractivity contribution >= 4 is 11.6 Å². The highest BCUT2D eigenvalue weighted by Crippen LogP contribution is 2.26. The summed E-state index contributed by atoms with van der Waals surface area (Å²) >= 11 is 0. The summed E-state index contributed by atoms with van der Waals surface area (Å²) < 4.78 is 5.15. The van der Waals surface area contributed by atoms with Gasteiger partial charge in [-0.1, -0.05) is 12.8 Å². The summed E-state index contributed by atoms with van der Waals surface area (Å²) in [6.45, 7) is 1.40. The summed E-state index contributed by atoms with van der Waals surface area (Å²) in [7, 11) is 1.46. The van der Waals surface area contributed by atoms with E-state index in [-0.39, 0.29) is 17.2 Å². The lowest BCUT2D eigenvalue weighted by molar-refractivity contribution is -0.384. The first-order valence-electron chi connectivity index (χ1n) is 6.75. The predicted molar refractivity (Wildman–Crippen MR) is 74.0 cm³/mol. The van der Waals surface area contributed by atoms with Crippen LogP contribution in [0.25, 0.3) is 0 Å². The largest absolute Gasteiger partial charge is 0.496 e. The maximum absolute atomic E-state index is 12.5. The smallest absolute Gasteiger partial charge is 0.270 e. The standard InChI is InChI=1S/C14H18N2O4/c1-20-13-7-6-11(16(18)19)10-12(13)14(17)15-8-4-2-3-5-9-15/h6-7,10H,2-5,8-9H2,1H3. The topological polar surface area (TPSA) is 72.7 Å². The van der Waals surface area contributed by atoms with E-state index in [0.29, 0.717) is 18.8 Å². The average molecular weight is 278 g/mol. The molecule has 0 aliphatic carbocycles. The first-order chi connectivity index (χ1) is 9.63. The lowest BCUT2D eigenvalue weighted by atomic mass is 10.1. The van der Waals surface area contributed by atoms with Gasteiger partial charge in [-0.05, 0) is 18.9 Å². The van der Waals surface area contributed by atoms with Gasteiger partial charge in [0.25, 0.3) is 11.6 Å². The Kier molecular flexibility index (Phi) is 4.55. The fourth-order valence-electron chi connectivity index (χ4n) is 2.42. The molecule has 1 aliphatic rings. The molecule has 1 saturated heterocycles. The van der Waals surface area contributed by atoms with Gasteiger partial charge >= 0.3 is 0 Å². The minimum Gasteiger partial charge on any atom is -0.496 e. The monoisotopic (exact) mass is 278 g/mol.